The van der Waals surface area contributed by atoms with Crippen molar-refractivity contribution < 1.29 is 8.42 Å². The van der Waals surface area contributed by atoms with E-state index in [1.807, 2.05) is 37.4 Å². The van der Waals surface area contributed by atoms with E-state index in [0.717, 1.165) is 4.88 Å². The van der Waals surface area contributed by atoms with Crippen LogP contribution in [0.15, 0.2) is 46.7 Å². The van der Waals surface area contributed by atoms with Gasteiger partial charge in [0.2, 0.25) is 10.0 Å². The minimum Gasteiger partial charge on any atom is -0.207 e. The van der Waals surface area contributed by atoms with Gasteiger partial charge in [-0.05, 0) is 35.6 Å². The highest BCUT2D eigenvalue weighted by molar-refractivity contribution is 7.89. The summed E-state index contributed by atoms with van der Waals surface area (Å²) in [6, 6.07) is 11.5. The molecule has 1 N–H and O–H groups in total. The molecule has 0 amide bonds. The van der Waals surface area contributed by atoms with Crippen LogP contribution < -0.4 is 4.72 Å². The molecule has 1 heterocycles. The number of hydrogen-bond acceptors (Lipinski definition) is 4. The van der Waals surface area contributed by atoms with Crippen LogP contribution in [0, 0.1) is 17.2 Å². The molecule has 0 spiro atoms. The SMILES string of the molecule is CC(C)[C@@H](NS(=O)(=O)c1cccc(C#N)c1)c1cccs1. The lowest BCUT2D eigenvalue weighted by Gasteiger charge is -2.21. The Morgan fingerprint density at radius 2 is 2.00 bits per heavy atom. The van der Waals surface area contributed by atoms with E-state index in [4.69, 9.17) is 5.26 Å². The predicted octanol–water partition coefficient (Wildman–Crippen LogP) is 3.30. The lowest BCUT2D eigenvalue weighted by Crippen LogP contribution is -2.31. The fourth-order valence-corrected chi connectivity index (χ4v) is 4.39. The zero-order valence-electron chi connectivity index (χ0n) is 11.8. The number of benzene rings is 1. The molecule has 6 heteroatoms. The van der Waals surface area contributed by atoms with E-state index in [-0.39, 0.29) is 16.9 Å². The minimum atomic E-state index is -3.66. The number of nitrogens with one attached hydrogen (secondary N) is 1. The second kappa shape index (κ2) is 6.39. The highest BCUT2D eigenvalue weighted by Gasteiger charge is 2.24. The molecule has 0 aliphatic carbocycles. The molecule has 0 aliphatic heterocycles. The van der Waals surface area contributed by atoms with Crippen LogP contribution in [-0.2, 0) is 10.0 Å². The van der Waals surface area contributed by atoms with Crippen molar-refractivity contribution >= 4 is 21.4 Å². The zero-order valence-corrected chi connectivity index (χ0v) is 13.4. The van der Waals surface area contributed by atoms with Gasteiger partial charge in [0.15, 0.2) is 0 Å². The summed E-state index contributed by atoms with van der Waals surface area (Å²) in [4.78, 5) is 1.09. The highest BCUT2D eigenvalue weighted by Crippen LogP contribution is 2.27. The average molecular weight is 320 g/mol. The van der Waals surface area contributed by atoms with Crippen molar-refractivity contribution in [3.05, 3.63) is 52.2 Å². The number of nitriles is 1. The van der Waals surface area contributed by atoms with Crippen LogP contribution in [0.1, 0.15) is 30.3 Å². The molecule has 0 fully saturated rings. The van der Waals surface area contributed by atoms with Gasteiger partial charge in [0.05, 0.1) is 22.6 Å². The van der Waals surface area contributed by atoms with E-state index in [1.54, 1.807) is 12.1 Å². The van der Waals surface area contributed by atoms with Gasteiger partial charge >= 0.3 is 0 Å². The van der Waals surface area contributed by atoms with Gasteiger partial charge in [-0.25, -0.2) is 13.1 Å². The second-order valence-electron chi connectivity index (χ2n) is 5.00. The summed E-state index contributed by atoms with van der Waals surface area (Å²) in [5.41, 5.74) is 0.329. The monoisotopic (exact) mass is 320 g/mol. The first-order chi connectivity index (χ1) is 9.94. The molecular formula is C15H16N2O2S2. The fourth-order valence-electron chi connectivity index (χ4n) is 1.96. The first kappa shape index (κ1) is 15.7. The maximum absolute atomic E-state index is 12.5. The minimum absolute atomic E-state index is 0.115. The number of nitrogens with zero attached hydrogens (tertiary/aromatic N) is 1. The molecule has 0 unspecified atom stereocenters. The predicted molar refractivity (Wildman–Crippen MR) is 83.4 cm³/mol. The summed E-state index contributed by atoms with van der Waals surface area (Å²) < 4.78 is 27.7. The first-order valence-electron chi connectivity index (χ1n) is 6.50. The number of sulfonamides is 1. The largest absolute Gasteiger partial charge is 0.241 e. The van der Waals surface area contributed by atoms with Gasteiger partial charge < -0.3 is 0 Å². The average Bonchev–Trinajstić information content (AvgIpc) is 2.98. The van der Waals surface area contributed by atoms with Crippen LogP contribution in [0.25, 0.3) is 0 Å². The van der Waals surface area contributed by atoms with Crippen molar-refractivity contribution in [2.75, 3.05) is 0 Å². The summed E-state index contributed by atoms with van der Waals surface area (Å²) in [6.07, 6.45) is 0. The van der Waals surface area contributed by atoms with Crippen LogP contribution in [0.2, 0.25) is 0 Å². The van der Waals surface area contributed by atoms with Crippen LogP contribution in [0.5, 0.6) is 0 Å². The van der Waals surface area contributed by atoms with Gasteiger partial charge in [-0.15, -0.1) is 11.3 Å². The van der Waals surface area contributed by atoms with E-state index < -0.39 is 10.0 Å². The van der Waals surface area contributed by atoms with Gasteiger partial charge in [0.25, 0.3) is 0 Å². The van der Waals surface area contributed by atoms with Gasteiger partial charge in [0.1, 0.15) is 0 Å². The first-order valence-corrected chi connectivity index (χ1v) is 8.86. The maximum Gasteiger partial charge on any atom is 0.241 e. The smallest absolute Gasteiger partial charge is 0.207 e. The Bertz CT molecular complexity index is 744. The highest BCUT2D eigenvalue weighted by atomic mass is 32.2. The van der Waals surface area contributed by atoms with Crippen LogP contribution in [0.4, 0.5) is 0 Å². The third-order valence-electron chi connectivity index (χ3n) is 3.07. The molecular weight excluding hydrogens is 304 g/mol. The van der Waals surface area contributed by atoms with Gasteiger partial charge in [-0.1, -0.05) is 26.0 Å². The molecule has 1 aromatic heterocycles. The Morgan fingerprint density at radius 3 is 2.57 bits per heavy atom. The Balaban J connectivity index is 2.33. The topological polar surface area (TPSA) is 70.0 Å². The lowest BCUT2D eigenvalue weighted by molar-refractivity contribution is 0.469. The molecule has 0 bridgehead atoms. The molecule has 0 aliphatic rings. The fraction of sp³-hybridized carbons (Fsp3) is 0.267. The quantitative estimate of drug-likeness (QED) is 0.919. The van der Waals surface area contributed by atoms with Gasteiger partial charge in [-0.3, -0.25) is 0 Å². The normalized spacial score (nSPS) is 13.0. The molecule has 110 valence electrons. The second-order valence-corrected chi connectivity index (χ2v) is 7.69. The number of hydrogen-bond donors (Lipinski definition) is 1. The number of rotatable bonds is 5. The third-order valence-corrected chi connectivity index (χ3v) is 5.47. The Morgan fingerprint density at radius 1 is 1.24 bits per heavy atom. The summed E-state index contributed by atoms with van der Waals surface area (Å²) >= 11 is 1.52. The Labute approximate surface area is 129 Å². The standard InChI is InChI=1S/C15H16N2O2S2/c1-11(2)15(14-7-4-8-20-14)17-21(18,19)13-6-3-5-12(9-13)10-16/h3-9,11,15,17H,1-2H3/t15-/m1/s1. The number of thiophene rings is 1. The maximum atomic E-state index is 12.5. The van der Waals surface area contributed by atoms with E-state index >= 15 is 0 Å². The molecule has 0 saturated heterocycles. The van der Waals surface area contributed by atoms with E-state index in [1.165, 1.54) is 23.5 Å². The Kier molecular flexibility index (Phi) is 4.78. The van der Waals surface area contributed by atoms with Crippen molar-refractivity contribution in [3.63, 3.8) is 0 Å². The third kappa shape index (κ3) is 3.70. The molecule has 1 atom stereocenters. The molecule has 1 aromatic carbocycles. The van der Waals surface area contributed by atoms with Gasteiger partial charge in [0, 0.05) is 4.88 Å². The molecule has 21 heavy (non-hydrogen) atoms. The van der Waals surface area contributed by atoms with Crippen molar-refractivity contribution in [1.82, 2.24) is 4.72 Å². The van der Waals surface area contributed by atoms with Crippen LogP contribution >= 0.6 is 11.3 Å². The van der Waals surface area contributed by atoms with Crippen molar-refractivity contribution in [1.29, 1.82) is 5.26 Å². The zero-order chi connectivity index (χ0) is 15.5. The lowest BCUT2D eigenvalue weighted by atomic mass is 10.0. The van der Waals surface area contributed by atoms with Crippen LogP contribution in [0.3, 0.4) is 0 Å². The summed E-state index contributed by atoms with van der Waals surface area (Å²) in [7, 11) is -3.66. The molecule has 2 rings (SSSR count). The summed E-state index contributed by atoms with van der Waals surface area (Å²) in [5.74, 6) is 0.123. The Hall–Kier alpha value is -1.68. The van der Waals surface area contributed by atoms with Crippen molar-refractivity contribution in [2.45, 2.75) is 24.8 Å². The van der Waals surface area contributed by atoms with Gasteiger partial charge in [-0.2, -0.15) is 5.26 Å². The van der Waals surface area contributed by atoms with Crippen molar-refractivity contribution in [2.24, 2.45) is 5.92 Å². The summed E-state index contributed by atoms with van der Waals surface area (Å²) in [5, 5.41) is 10.8. The molecule has 0 radical (unpaired) electrons. The van der Waals surface area contributed by atoms with Crippen LogP contribution in [-0.4, -0.2) is 8.42 Å². The molecule has 4 nitrogen and oxygen atoms in total. The van der Waals surface area contributed by atoms with Crippen molar-refractivity contribution in [3.8, 4) is 6.07 Å². The van der Waals surface area contributed by atoms with E-state index in [0.29, 0.717) is 5.56 Å². The molecule has 2 aromatic rings. The van der Waals surface area contributed by atoms with E-state index in [9.17, 15) is 8.42 Å². The molecule has 0 saturated carbocycles. The summed E-state index contributed by atoms with van der Waals surface area (Å²) in [6.45, 7) is 3.94. The van der Waals surface area contributed by atoms with E-state index in [2.05, 4.69) is 4.72 Å².